The number of anilines is 1. The maximum absolute atomic E-state index is 12.2. The second-order valence-electron chi connectivity index (χ2n) is 5.24. The summed E-state index contributed by atoms with van der Waals surface area (Å²) in [4.78, 5) is 27.8. The first-order chi connectivity index (χ1) is 10.1. The van der Waals surface area contributed by atoms with E-state index in [0.29, 0.717) is 17.4 Å². The summed E-state index contributed by atoms with van der Waals surface area (Å²) in [6, 6.07) is 0.116. The molecule has 1 saturated carbocycles. The third-order valence-electron chi connectivity index (χ3n) is 3.50. The molecule has 22 heavy (non-hydrogen) atoms. The Balaban J connectivity index is 0.00000242. The molecule has 1 aromatic heterocycles. The SMILES string of the molecule is CCOC(=O)Cc1csc(NC(=O)C2CCCC(N)C2)n1.Cl. The molecule has 1 amide bonds. The zero-order valence-corrected chi connectivity index (χ0v) is 14.2. The van der Waals surface area contributed by atoms with Gasteiger partial charge in [0.25, 0.3) is 0 Å². The van der Waals surface area contributed by atoms with Gasteiger partial charge in [0.1, 0.15) is 0 Å². The van der Waals surface area contributed by atoms with Crippen molar-refractivity contribution in [2.75, 3.05) is 11.9 Å². The van der Waals surface area contributed by atoms with Crippen LogP contribution in [0.4, 0.5) is 5.13 Å². The van der Waals surface area contributed by atoms with E-state index in [9.17, 15) is 9.59 Å². The number of aromatic nitrogens is 1. The zero-order chi connectivity index (χ0) is 15.2. The zero-order valence-electron chi connectivity index (χ0n) is 12.5. The van der Waals surface area contributed by atoms with Crippen LogP contribution < -0.4 is 11.1 Å². The number of halogens is 1. The minimum Gasteiger partial charge on any atom is -0.466 e. The topological polar surface area (TPSA) is 94.3 Å². The number of ether oxygens (including phenoxy) is 1. The minimum absolute atomic E-state index is 0. The quantitative estimate of drug-likeness (QED) is 0.796. The largest absolute Gasteiger partial charge is 0.466 e. The van der Waals surface area contributed by atoms with Crippen molar-refractivity contribution in [3.8, 4) is 0 Å². The molecule has 8 heteroatoms. The Bertz CT molecular complexity index is 509. The molecule has 2 atom stereocenters. The molecule has 6 nitrogen and oxygen atoms in total. The van der Waals surface area contributed by atoms with Gasteiger partial charge in [0.2, 0.25) is 5.91 Å². The van der Waals surface area contributed by atoms with E-state index in [-0.39, 0.29) is 42.7 Å². The fourth-order valence-electron chi connectivity index (χ4n) is 2.48. The van der Waals surface area contributed by atoms with Gasteiger partial charge in [0.15, 0.2) is 5.13 Å². The summed E-state index contributed by atoms with van der Waals surface area (Å²) < 4.78 is 4.87. The van der Waals surface area contributed by atoms with Gasteiger partial charge in [-0.2, -0.15) is 0 Å². The number of hydrogen-bond acceptors (Lipinski definition) is 6. The average Bonchev–Trinajstić information content (AvgIpc) is 2.86. The summed E-state index contributed by atoms with van der Waals surface area (Å²) in [5, 5.41) is 5.11. The molecule has 2 unspecified atom stereocenters. The summed E-state index contributed by atoms with van der Waals surface area (Å²) in [5.74, 6) is -0.368. The van der Waals surface area contributed by atoms with Gasteiger partial charge in [-0.25, -0.2) is 4.98 Å². The highest BCUT2D eigenvalue weighted by atomic mass is 35.5. The summed E-state index contributed by atoms with van der Waals surface area (Å²) in [6.45, 7) is 2.12. The van der Waals surface area contributed by atoms with Crippen LogP contribution in [0.1, 0.15) is 38.3 Å². The molecule has 2 rings (SSSR count). The number of nitrogens with two attached hydrogens (primary N) is 1. The van der Waals surface area contributed by atoms with Crippen molar-refractivity contribution in [2.45, 2.75) is 45.1 Å². The lowest BCUT2D eigenvalue weighted by Crippen LogP contribution is -2.34. The van der Waals surface area contributed by atoms with Crippen molar-refractivity contribution in [2.24, 2.45) is 11.7 Å². The van der Waals surface area contributed by atoms with E-state index in [2.05, 4.69) is 10.3 Å². The summed E-state index contributed by atoms with van der Waals surface area (Å²) in [7, 11) is 0. The molecule has 1 aliphatic carbocycles. The predicted molar refractivity (Wildman–Crippen MR) is 88.3 cm³/mol. The highest BCUT2D eigenvalue weighted by Crippen LogP contribution is 2.25. The van der Waals surface area contributed by atoms with Crippen molar-refractivity contribution in [1.82, 2.24) is 4.98 Å². The first kappa shape index (κ1) is 18.9. The number of rotatable bonds is 5. The van der Waals surface area contributed by atoms with E-state index in [1.165, 1.54) is 11.3 Å². The number of esters is 1. The van der Waals surface area contributed by atoms with Crippen LogP contribution in [0.5, 0.6) is 0 Å². The fraction of sp³-hybridized carbons (Fsp3) is 0.643. The van der Waals surface area contributed by atoms with E-state index in [1.807, 2.05) is 0 Å². The van der Waals surface area contributed by atoms with Crippen molar-refractivity contribution >= 4 is 40.8 Å². The molecule has 1 aromatic rings. The lowest BCUT2D eigenvalue weighted by Gasteiger charge is -2.25. The van der Waals surface area contributed by atoms with E-state index >= 15 is 0 Å². The molecule has 0 aliphatic heterocycles. The van der Waals surface area contributed by atoms with E-state index in [1.54, 1.807) is 12.3 Å². The highest BCUT2D eigenvalue weighted by molar-refractivity contribution is 7.13. The molecular formula is C14H22ClN3O3S. The van der Waals surface area contributed by atoms with Gasteiger partial charge in [-0.1, -0.05) is 6.42 Å². The first-order valence-corrected chi connectivity index (χ1v) is 8.13. The van der Waals surface area contributed by atoms with Crippen molar-refractivity contribution in [3.05, 3.63) is 11.1 Å². The van der Waals surface area contributed by atoms with Crippen LogP contribution in [-0.2, 0) is 20.7 Å². The predicted octanol–water partition coefficient (Wildman–Crippen LogP) is 2.13. The molecule has 0 bridgehead atoms. The average molecular weight is 348 g/mol. The summed E-state index contributed by atoms with van der Waals surface area (Å²) in [6.07, 6.45) is 3.72. The number of nitrogens with zero attached hydrogens (tertiary/aromatic N) is 1. The van der Waals surface area contributed by atoms with Gasteiger partial charge in [0, 0.05) is 17.3 Å². The lowest BCUT2D eigenvalue weighted by atomic mass is 9.86. The lowest BCUT2D eigenvalue weighted by molar-refractivity contribution is -0.142. The number of thiazole rings is 1. The first-order valence-electron chi connectivity index (χ1n) is 7.25. The molecule has 0 radical (unpaired) electrons. The van der Waals surface area contributed by atoms with Crippen LogP contribution in [0.2, 0.25) is 0 Å². The second-order valence-corrected chi connectivity index (χ2v) is 6.10. The normalized spacial score (nSPS) is 20.8. The molecular weight excluding hydrogens is 326 g/mol. The maximum Gasteiger partial charge on any atom is 0.311 e. The van der Waals surface area contributed by atoms with Crippen LogP contribution in [-0.4, -0.2) is 29.5 Å². The van der Waals surface area contributed by atoms with Crippen molar-refractivity contribution in [1.29, 1.82) is 0 Å². The molecule has 0 saturated heterocycles. The smallest absolute Gasteiger partial charge is 0.311 e. The summed E-state index contributed by atoms with van der Waals surface area (Å²) in [5.41, 5.74) is 6.52. The number of carbonyl (C=O) groups excluding carboxylic acids is 2. The van der Waals surface area contributed by atoms with Crippen LogP contribution in [0.3, 0.4) is 0 Å². The Morgan fingerprint density at radius 1 is 1.50 bits per heavy atom. The van der Waals surface area contributed by atoms with Gasteiger partial charge >= 0.3 is 5.97 Å². The van der Waals surface area contributed by atoms with Gasteiger partial charge < -0.3 is 15.8 Å². The molecule has 124 valence electrons. The van der Waals surface area contributed by atoms with Crippen LogP contribution in [0.25, 0.3) is 0 Å². The van der Waals surface area contributed by atoms with Crippen LogP contribution >= 0.6 is 23.7 Å². The third kappa shape index (κ3) is 5.55. The van der Waals surface area contributed by atoms with E-state index < -0.39 is 0 Å². The maximum atomic E-state index is 12.2. The standard InChI is InChI=1S/C14H21N3O3S.ClH/c1-2-20-12(18)7-11-8-21-14(16-11)17-13(19)9-4-3-5-10(15)6-9;/h8-10H,2-7,15H2,1H3,(H,16,17,19);1H. The minimum atomic E-state index is -0.307. The van der Waals surface area contributed by atoms with E-state index in [0.717, 1.165) is 25.7 Å². The third-order valence-corrected chi connectivity index (χ3v) is 4.30. The Labute approximate surface area is 140 Å². The Kier molecular flexibility index (Phi) is 7.78. The Hall–Kier alpha value is -1.18. The highest BCUT2D eigenvalue weighted by Gasteiger charge is 2.25. The number of nitrogens with one attached hydrogen (secondary N) is 1. The fourth-order valence-corrected chi connectivity index (χ4v) is 3.19. The van der Waals surface area contributed by atoms with E-state index in [4.69, 9.17) is 10.5 Å². The van der Waals surface area contributed by atoms with Crippen LogP contribution in [0, 0.1) is 5.92 Å². The van der Waals surface area contributed by atoms with Crippen LogP contribution in [0.15, 0.2) is 5.38 Å². The van der Waals surface area contributed by atoms with Gasteiger partial charge in [-0.05, 0) is 26.2 Å². The van der Waals surface area contributed by atoms with Gasteiger partial charge in [-0.15, -0.1) is 23.7 Å². The monoisotopic (exact) mass is 347 g/mol. The van der Waals surface area contributed by atoms with Crippen molar-refractivity contribution in [3.63, 3.8) is 0 Å². The Morgan fingerprint density at radius 2 is 2.27 bits per heavy atom. The van der Waals surface area contributed by atoms with Crippen molar-refractivity contribution < 1.29 is 14.3 Å². The number of hydrogen-bond donors (Lipinski definition) is 2. The Morgan fingerprint density at radius 3 is 2.95 bits per heavy atom. The van der Waals surface area contributed by atoms with Gasteiger partial charge in [0.05, 0.1) is 18.7 Å². The van der Waals surface area contributed by atoms with Gasteiger partial charge in [-0.3, -0.25) is 9.59 Å². The summed E-state index contributed by atoms with van der Waals surface area (Å²) >= 11 is 1.32. The molecule has 1 aliphatic rings. The molecule has 0 spiro atoms. The molecule has 1 heterocycles. The second kappa shape index (κ2) is 9.07. The molecule has 1 fully saturated rings. The number of carbonyl (C=O) groups is 2. The molecule has 3 N–H and O–H groups in total. The number of amides is 1. The molecule has 0 aromatic carbocycles.